The fraction of sp³-hybridized carbons (Fsp3) is 0.200. The van der Waals surface area contributed by atoms with Crippen LogP contribution in [0.3, 0.4) is 0 Å². The number of halogens is 1. The molecule has 5 heteroatoms. The molecule has 1 heterocycles. The minimum absolute atomic E-state index is 0.0772. The lowest BCUT2D eigenvalue weighted by molar-refractivity contribution is 0.851. The maximum absolute atomic E-state index is 7.44. The number of hydrogen-bond donors (Lipinski definition) is 2. The summed E-state index contributed by atoms with van der Waals surface area (Å²) in [5, 5.41) is 7.44. The zero-order valence-corrected chi connectivity index (χ0v) is 12.9. The Hall–Kier alpha value is -1.88. The molecule has 0 saturated heterocycles. The second-order valence-electron chi connectivity index (χ2n) is 4.57. The van der Waals surface area contributed by atoms with Crippen LogP contribution in [0.25, 0.3) is 0 Å². The number of amidine groups is 1. The molecule has 0 aliphatic rings. The van der Waals surface area contributed by atoms with Gasteiger partial charge in [0.15, 0.2) is 0 Å². The van der Waals surface area contributed by atoms with E-state index >= 15 is 0 Å². The lowest BCUT2D eigenvalue weighted by atomic mass is 10.1. The number of nitrogens with two attached hydrogens (primary N) is 1. The molecule has 0 aliphatic heterocycles. The van der Waals surface area contributed by atoms with Crippen LogP contribution in [0.5, 0.6) is 0 Å². The normalized spacial score (nSPS) is 10.3. The van der Waals surface area contributed by atoms with Crippen molar-refractivity contribution in [2.75, 3.05) is 18.5 Å². The third-order valence-corrected chi connectivity index (χ3v) is 3.73. The first-order valence-electron chi connectivity index (χ1n) is 6.33. The fourth-order valence-corrected chi connectivity index (χ4v) is 2.61. The van der Waals surface area contributed by atoms with Crippen LogP contribution in [0.4, 0.5) is 5.69 Å². The van der Waals surface area contributed by atoms with Crippen molar-refractivity contribution >= 4 is 27.5 Å². The molecule has 20 heavy (non-hydrogen) atoms. The maximum Gasteiger partial charge on any atom is 0.122 e. The van der Waals surface area contributed by atoms with Gasteiger partial charge in [-0.15, -0.1) is 0 Å². The summed E-state index contributed by atoms with van der Waals surface area (Å²) in [6.07, 6.45) is 2.70. The SMILES string of the molecule is CN(CCc1ccccn1)c1ccc(C(=N)N)cc1Br. The summed E-state index contributed by atoms with van der Waals surface area (Å²) in [6, 6.07) is 11.7. The molecule has 0 spiro atoms. The van der Waals surface area contributed by atoms with E-state index in [0.717, 1.165) is 34.4 Å². The Balaban J connectivity index is 2.06. The Bertz CT molecular complexity index is 598. The lowest BCUT2D eigenvalue weighted by Crippen LogP contribution is -2.21. The Morgan fingerprint density at radius 2 is 2.15 bits per heavy atom. The predicted molar refractivity (Wildman–Crippen MR) is 86.4 cm³/mol. The topological polar surface area (TPSA) is 66.0 Å². The second-order valence-corrected chi connectivity index (χ2v) is 5.43. The Morgan fingerprint density at radius 1 is 1.35 bits per heavy atom. The molecule has 0 unspecified atom stereocenters. The van der Waals surface area contributed by atoms with Gasteiger partial charge in [-0.1, -0.05) is 6.07 Å². The van der Waals surface area contributed by atoms with E-state index < -0.39 is 0 Å². The van der Waals surface area contributed by atoms with E-state index in [-0.39, 0.29) is 5.84 Å². The van der Waals surface area contributed by atoms with Crippen molar-refractivity contribution in [2.24, 2.45) is 5.73 Å². The quantitative estimate of drug-likeness (QED) is 0.653. The van der Waals surface area contributed by atoms with E-state index in [9.17, 15) is 0 Å². The van der Waals surface area contributed by atoms with Gasteiger partial charge in [-0.2, -0.15) is 0 Å². The molecule has 2 rings (SSSR count). The van der Waals surface area contributed by atoms with Crippen LogP contribution in [0.2, 0.25) is 0 Å². The molecule has 1 aromatic carbocycles. The number of aromatic nitrogens is 1. The summed E-state index contributed by atoms with van der Waals surface area (Å²) in [7, 11) is 2.04. The van der Waals surface area contributed by atoms with Crippen LogP contribution in [0, 0.1) is 5.41 Å². The van der Waals surface area contributed by atoms with Crippen LogP contribution < -0.4 is 10.6 Å². The summed E-state index contributed by atoms with van der Waals surface area (Å²) in [5.74, 6) is 0.0772. The van der Waals surface area contributed by atoms with Crippen molar-refractivity contribution in [1.82, 2.24) is 4.98 Å². The highest BCUT2D eigenvalue weighted by Crippen LogP contribution is 2.26. The van der Waals surface area contributed by atoms with Crippen LogP contribution in [-0.2, 0) is 6.42 Å². The molecule has 3 N–H and O–H groups in total. The maximum atomic E-state index is 7.44. The van der Waals surface area contributed by atoms with E-state index in [4.69, 9.17) is 11.1 Å². The van der Waals surface area contributed by atoms with Crippen molar-refractivity contribution in [2.45, 2.75) is 6.42 Å². The number of likely N-dealkylation sites (N-methyl/N-ethyl adjacent to an activating group) is 1. The first kappa shape index (κ1) is 14.5. The van der Waals surface area contributed by atoms with Crippen molar-refractivity contribution in [1.29, 1.82) is 5.41 Å². The Labute approximate surface area is 127 Å². The zero-order valence-electron chi connectivity index (χ0n) is 11.3. The molecule has 0 atom stereocenters. The fourth-order valence-electron chi connectivity index (χ4n) is 1.93. The first-order chi connectivity index (χ1) is 9.58. The van der Waals surface area contributed by atoms with Gasteiger partial charge < -0.3 is 10.6 Å². The van der Waals surface area contributed by atoms with Gasteiger partial charge in [0.05, 0.1) is 5.69 Å². The van der Waals surface area contributed by atoms with Gasteiger partial charge >= 0.3 is 0 Å². The summed E-state index contributed by atoms with van der Waals surface area (Å²) in [6.45, 7) is 0.870. The third-order valence-electron chi connectivity index (χ3n) is 3.10. The smallest absolute Gasteiger partial charge is 0.122 e. The van der Waals surface area contributed by atoms with E-state index in [2.05, 4.69) is 25.8 Å². The minimum Gasteiger partial charge on any atom is -0.384 e. The van der Waals surface area contributed by atoms with E-state index in [0.29, 0.717) is 0 Å². The largest absolute Gasteiger partial charge is 0.384 e. The van der Waals surface area contributed by atoms with Crippen molar-refractivity contribution in [3.05, 3.63) is 58.3 Å². The molecule has 0 radical (unpaired) electrons. The highest BCUT2D eigenvalue weighted by molar-refractivity contribution is 9.10. The van der Waals surface area contributed by atoms with Crippen LogP contribution >= 0.6 is 15.9 Å². The number of nitrogens with one attached hydrogen (secondary N) is 1. The van der Waals surface area contributed by atoms with Crippen molar-refractivity contribution in [3.63, 3.8) is 0 Å². The number of hydrogen-bond acceptors (Lipinski definition) is 3. The monoisotopic (exact) mass is 332 g/mol. The summed E-state index contributed by atoms with van der Waals surface area (Å²) >= 11 is 3.53. The first-order valence-corrected chi connectivity index (χ1v) is 7.12. The average Bonchev–Trinajstić information content (AvgIpc) is 2.45. The van der Waals surface area contributed by atoms with Gasteiger partial charge in [0.1, 0.15) is 5.84 Å². The molecule has 4 nitrogen and oxygen atoms in total. The molecule has 2 aromatic rings. The van der Waals surface area contributed by atoms with Crippen LogP contribution in [-0.4, -0.2) is 24.4 Å². The van der Waals surface area contributed by atoms with Crippen molar-refractivity contribution < 1.29 is 0 Å². The van der Waals surface area contributed by atoms with Gasteiger partial charge in [-0.05, 0) is 46.3 Å². The molecule has 0 fully saturated rings. The molecule has 0 bridgehead atoms. The number of anilines is 1. The van der Waals surface area contributed by atoms with Gasteiger partial charge in [0, 0.05) is 41.9 Å². The standard InChI is InChI=1S/C15H17BrN4/c1-20(9-7-12-4-2-3-8-19-12)14-6-5-11(15(17)18)10-13(14)16/h2-6,8,10H,7,9H2,1H3,(H3,17,18). The molecule has 1 aromatic heterocycles. The molecular formula is C15H17BrN4. The van der Waals surface area contributed by atoms with E-state index in [1.54, 1.807) is 0 Å². The number of pyridine rings is 1. The molecule has 0 amide bonds. The van der Waals surface area contributed by atoms with Gasteiger partial charge in [-0.25, -0.2) is 0 Å². The van der Waals surface area contributed by atoms with Gasteiger partial charge in [0.25, 0.3) is 0 Å². The predicted octanol–water partition coefficient (Wildman–Crippen LogP) is 2.81. The molecule has 0 saturated carbocycles. The number of nitrogens with zero attached hydrogens (tertiary/aromatic N) is 2. The van der Waals surface area contributed by atoms with E-state index in [1.807, 2.05) is 49.6 Å². The molecular weight excluding hydrogens is 316 g/mol. The highest BCUT2D eigenvalue weighted by atomic mass is 79.9. The average molecular weight is 333 g/mol. The van der Waals surface area contributed by atoms with Gasteiger partial charge in [-0.3, -0.25) is 10.4 Å². The van der Waals surface area contributed by atoms with Gasteiger partial charge in [0.2, 0.25) is 0 Å². The summed E-state index contributed by atoms with van der Waals surface area (Å²) in [5.41, 5.74) is 8.36. The Morgan fingerprint density at radius 3 is 2.75 bits per heavy atom. The lowest BCUT2D eigenvalue weighted by Gasteiger charge is -2.21. The van der Waals surface area contributed by atoms with Crippen LogP contribution in [0.1, 0.15) is 11.3 Å². The van der Waals surface area contributed by atoms with Crippen LogP contribution in [0.15, 0.2) is 47.1 Å². The zero-order chi connectivity index (χ0) is 14.5. The summed E-state index contributed by atoms with van der Waals surface area (Å²) < 4.78 is 0.939. The minimum atomic E-state index is 0.0772. The molecule has 0 aliphatic carbocycles. The number of nitrogen functional groups attached to an aromatic ring is 1. The number of benzene rings is 1. The highest BCUT2D eigenvalue weighted by Gasteiger charge is 2.08. The third kappa shape index (κ3) is 3.57. The Kier molecular flexibility index (Phi) is 4.74. The van der Waals surface area contributed by atoms with Crippen molar-refractivity contribution in [3.8, 4) is 0 Å². The number of rotatable bonds is 5. The summed E-state index contributed by atoms with van der Waals surface area (Å²) in [4.78, 5) is 6.48. The molecule has 104 valence electrons. The van der Waals surface area contributed by atoms with E-state index in [1.165, 1.54) is 0 Å². The second kappa shape index (κ2) is 6.52.